The number of hydrogen-bond acceptors (Lipinski definition) is 5. The fourth-order valence-corrected chi connectivity index (χ4v) is 5.39. The minimum Gasteiger partial charge on any atom is -0.361 e. The van der Waals surface area contributed by atoms with E-state index in [1.807, 2.05) is 0 Å². The fraction of sp³-hybridized carbons (Fsp3) is 0.474. The summed E-state index contributed by atoms with van der Waals surface area (Å²) in [4.78, 5) is 5.90. The number of rotatable bonds is 6. The maximum atomic E-state index is 13.9. The molecule has 11 heteroatoms. The van der Waals surface area contributed by atoms with E-state index in [0.29, 0.717) is 35.4 Å². The van der Waals surface area contributed by atoms with E-state index in [1.54, 1.807) is 13.8 Å². The first-order valence-corrected chi connectivity index (χ1v) is 11.0. The first kappa shape index (κ1) is 20.9. The maximum Gasteiger partial charge on any atom is 0.332 e. The number of H-pyrrole nitrogens is 1. The molecule has 1 aromatic carbocycles. The second kappa shape index (κ2) is 7.38. The third kappa shape index (κ3) is 3.60. The van der Waals surface area contributed by atoms with E-state index in [2.05, 4.69) is 19.8 Å². The van der Waals surface area contributed by atoms with Crippen molar-refractivity contribution in [1.29, 1.82) is 0 Å². The second-order valence-electron chi connectivity index (χ2n) is 7.60. The number of fused-ring (bicyclic) bond motifs is 1. The molecular formula is C19H21F3N4O3S. The van der Waals surface area contributed by atoms with E-state index in [9.17, 15) is 21.6 Å². The monoisotopic (exact) mass is 442 g/mol. The predicted molar refractivity (Wildman–Crippen MR) is 104 cm³/mol. The molecule has 2 heterocycles. The Kier molecular flexibility index (Phi) is 5.13. The Balaban J connectivity index is 1.93. The zero-order valence-electron chi connectivity index (χ0n) is 16.4. The van der Waals surface area contributed by atoms with E-state index >= 15 is 0 Å². The Morgan fingerprint density at radius 2 is 1.97 bits per heavy atom. The van der Waals surface area contributed by atoms with Crippen LogP contribution in [-0.4, -0.2) is 36.3 Å². The van der Waals surface area contributed by atoms with Crippen molar-refractivity contribution < 1.29 is 26.1 Å². The van der Waals surface area contributed by atoms with Crippen LogP contribution in [0.25, 0.3) is 22.2 Å². The van der Waals surface area contributed by atoms with Crippen LogP contribution in [0.2, 0.25) is 0 Å². The Morgan fingerprint density at radius 3 is 2.57 bits per heavy atom. The van der Waals surface area contributed by atoms with Crippen LogP contribution in [0.15, 0.2) is 21.6 Å². The third-order valence-corrected chi connectivity index (χ3v) is 6.89. The van der Waals surface area contributed by atoms with Crippen LogP contribution in [-0.2, 0) is 15.9 Å². The summed E-state index contributed by atoms with van der Waals surface area (Å²) in [7, 11) is -4.07. The highest BCUT2D eigenvalue weighted by Crippen LogP contribution is 2.36. The zero-order chi connectivity index (χ0) is 21.7. The van der Waals surface area contributed by atoms with Crippen LogP contribution in [0.5, 0.6) is 0 Å². The van der Waals surface area contributed by atoms with Crippen LogP contribution in [0.4, 0.5) is 13.2 Å². The normalized spacial score (nSPS) is 16.0. The summed E-state index contributed by atoms with van der Waals surface area (Å²) in [6, 6.07) is 2.63. The molecule has 1 aliphatic rings. The van der Waals surface area contributed by atoms with E-state index in [-0.39, 0.29) is 22.0 Å². The molecule has 0 atom stereocenters. The Bertz CT molecular complexity index is 1180. The van der Waals surface area contributed by atoms with Crippen LogP contribution in [0.1, 0.15) is 43.0 Å². The molecule has 0 bridgehead atoms. The highest BCUT2D eigenvalue weighted by molar-refractivity contribution is 7.89. The van der Waals surface area contributed by atoms with Crippen LogP contribution >= 0.6 is 0 Å². The summed E-state index contributed by atoms with van der Waals surface area (Å²) < 4.78 is 74.8. The van der Waals surface area contributed by atoms with Crippen molar-refractivity contribution in [2.24, 2.45) is 0 Å². The van der Waals surface area contributed by atoms with Gasteiger partial charge in [0, 0.05) is 11.6 Å². The number of aromatic amines is 1. The largest absolute Gasteiger partial charge is 0.361 e. The number of alkyl halides is 3. The number of hydrogen-bond donors (Lipinski definition) is 2. The van der Waals surface area contributed by atoms with Gasteiger partial charge in [-0.15, -0.1) is 0 Å². The second-order valence-corrected chi connectivity index (χ2v) is 9.28. The minimum absolute atomic E-state index is 0.0578. The molecule has 0 saturated heterocycles. The van der Waals surface area contributed by atoms with Gasteiger partial charge in [0.1, 0.15) is 16.2 Å². The summed E-state index contributed by atoms with van der Waals surface area (Å²) in [5.74, 6) is -4.33. The average molecular weight is 442 g/mol. The number of aryl methyl sites for hydroxylation is 2. The van der Waals surface area contributed by atoms with Gasteiger partial charge in [0.25, 0.3) is 0 Å². The highest BCUT2D eigenvalue weighted by atomic mass is 32.2. The molecule has 1 fully saturated rings. The molecule has 0 radical (unpaired) electrons. The lowest BCUT2D eigenvalue weighted by molar-refractivity contribution is -0.0355. The molecule has 0 amide bonds. The highest BCUT2D eigenvalue weighted by Gasteiger charge is 2.37. The molecule has 4 rings (SSSR count). The Hall–Kier alpha value is -2.40. The molecule has 162 valence electrons. The van der Waals surface area contributed by atoms with E-state index < -0.39 is 28.4 Å². The molecule has 1 aliphatic carbocycles. The van der Waals surface area contributed by atoms with Gasteiger partial charge in [-0.05, 0) is 44.4 Å². The molecule has 3 aromatic rings. The van der Waals surface area contributed by atoms with Gasteiger partial charge in [0.2, 0.25) is 10.0 Å². The van der Waals surface area contributed by atoms with Gasteiger partial charge < -0.3 is 9.51 Å². The molecule has 0 spiro atoms. The smallest absolute Gasteiger partial charge is 0.332 e. The number of nitrogens with zero attached hydrogens (tertiary/aromatic N) is 2. The number of halogens is 3. The lowest BCUT2D eigenvalue weighted by Crippen LogP contribution is -2.32. The summed E-state index contributed by atoms with van der Waals surface area (Å²) in [6.45, 7) is 1.41. The standard InChI is InChI=1S/C19H21F3N4O3S/c1-10-16(11(2)29-25-10)12-7-14-17(24-18(23-14)19(21,22)9-20)15(8-12)30(27,28)26-13-5-3-4-6-13/h7-8,13,26H,3-6,9H2,1-2H3,(H,23,24). The zero-order valence-corrected chi connectivity index (χ0v) is 17.2. The Morgan fingerprint density at radius 1 is 1.27 bits per heavy atom. The van der Waals surface area contributed by atoms with Gasteiger partial charge in [0.15, 0.2) is 12.5 Å². The van der Waals surface area contributed by atoms with Crippen molar-refractivity contribution in [3.8, 4) is 11.1 Å². The summed E-state index contributed by atoms with van der Waals surface area (Å²) in [5, 5.41) is 3.87. The SMILES string of the molecule is Cc1noc(C)c1-c1cc(S(=O)(=O)NC2CCCC2)c2nc(C(F)(F)CF)[nH]c2c1. The number of imidazole rings is 1. The molecule has 1 saturated carbocycles. The van der Waals surface area contributed by atoms with Crippen LogP contribution in [0.3, 0.4) is 0 Å². The van der Waals surface area contributed by atoms with Crippen molar-refractivity contribution in [2.75, 3.05) is 6.67 Å². The Labute approximate surface area is 171 Å². The van der Waals surface area contributed by atoms with Gasteiger partial charge in [0.05, 0.1) is 11.2 Å². The quantitative estimate of drug-likeness (QED) is 0.598. The molecule has 0 unspecified atom stereocenters. The molecule has 0 aliphatic heterocycles. The molecular weight excluding hydrogens is 421 g/mol. The molecule has 30 heavy (non-hydrogen) atoms. The fourth-order valence-electron chi connectivity index (χ4n) is 3.89. The molecule has 7 nitrogen and oxygen atoms in total. The number of aromatic nitrogens is 3. The number of nitrogens with one attached hydrogen (secondary N) is 2. The minimum atomic E-state index is -4.07. The topological polar surface area (TPSA) is 101 Å². The lowest BCUT2D eigenvalue weighted by atomic mass is 10.0. The van der Waals surface area contributed by atoms with Crippen LogP contribution in [0, 0.1) is 13.8 Å². The van der Waals surface area contributed by atoms with E-state index in [1.165, 1.54) is 12.1 Å². The third-order valence-electron chi connectivity index (χ3n) is 5.35. The van der Waals surface area contributed by atoms with Gasteiger partial charge in [-0.2, -0.15) is 8.78 Å². The summed E-state index contributed by atoms with van der Waals surface area (Å²) >= 11 is 0. The number of sulfonamides is 1. The van der Waals surface area contributed by atoms with E-state index in [0.717, 1.165) is 12.8 Å². The van der Waals surface area contributed by atoms with Gasteiger partial charge >= 0.3 is 5.92 Å². The summed E-state index contributed by atoms with van der Waals surface area (Å²) in [5.41, 5.74) is 1.39. The first-order valence-electron chi connectivity index (χ1n) is 9.56. The first-order chi connectivity index (χ1) is 14.1. The number of benzene rings is 1. The van der Waals surface area contributed by atoms with Crippen molar-refractivity contribution in [2.45, 2.75) is 56.4 Å². The van der Waals surface area contributed by atoms with E-state index in [4.69, 9.17) is 4.52 Å². The lowest BCUT2D eigenvalue weighted by Gasteiger charge is -2.14. The molecule has 2 N–H and O–H groups in total. The van der Waals surface area contributed by atoms with Crippen molar-refractivity contribution in [3.63, 3.8) is 0 Å². The van der Waals surface area contributed by atoms with Crippen molar-refractivity contribution in [3.05, 3.63) is 29.4 Å². The van der Waals surface area contributed by atoms with Crippen molar-refractivity contribution in [1.82, 2.24) is 19.8 Å². The predicted octanol–water partition coefficient (Wildman–Crippen LogP) is 4.12. The molecule has 2 aromatic heterocycles. The summed E-state index contributed by atoms with van der Waals surface area (Å²) in [6.07, 6.45) is 3.24. The average Bonchev–Trinajstić information content (AvgIpc) is 3.41. The van der Waals surface area contributed by atoms with Gasteiger partial charge in [-0.1, -0.05) is 18.0 Å². The van der Waals surface area contributed by atoms with Crippen LogP contribution < -0.4 is 4.72 Å². The van der Waals surface area contributed by atoms with Crippen molar-refractivity contribution >= 4 is 21.1 Å². The van der Waals surface area contributed by atoms with Gasteiger partial charge in [-0.3, -0.25) is 0 Å². The van der Waals surface area contributed by atoms with Gasteiger partial charge in [-0.25, -0.2) is 22.5 Å². The maximum absolute atomic E-state index is 13.9.